The molecule has 2 radical (unpaired) electrons. The van der Waals surface area contributed by atoms with Gasteiger partial charge in [0, 0.05) is 4.48 Å². The molecule has 1 atom stereocenters. The van der Waals surface area contributed by atoms with Crippen LogP contribution in [0.2, 0.25) is 0 Å². The van der Waals surface area contributed by atoms with Gasteiger partial charge in [0.1, 0.15) is 7.85 Å². The van der Waals surface area contributed by atoms with Crippen molar-refractivity contribution < 1.29 is 9.53 Å². The minimum Gasteiger partial charge on any atom is -0.465 e. The smallest absolute Gasteiger partial charge is 0.314 e. The fourth-order valence-electron chi connectivity index (χ4n) is 1.32. The van der Waals surface area contributed by atoms with Crippen LogP contribution in [0.1, 0.15) is 20.3 Å². The summed E-state index contributed by atoms with van der Waals surface area (Å²) in [5.41, 5.74) is 1.77. The summed E-state index contributed by atoms with van der Waals surface area (Å²) >= 11 is 3.36. The van der Waals surface area contributed by atoms with Crippen LogP contribution < -0.4 is 0 Å². The Morgan fingerprint density at radius 3 is 3.00 bits per heavy atom. The number of carbonyl (C=O) groups is 1. The van der Waals surface area contributed by atoms with Crippen LogP contribution in [0.3, 0.4) is 0 Å². The van der Waals surface area contributed by atoms with Gasteiger partial charge in [0.15, 0.2) is 0 Å². The van der Waals surface area contributed by atoms with Crippen molar-refractivity contribution in [3.05, 3.63) is 21.6 Å². The number of esters is 1. The molecule has 0 N–H and O–H groups in total. The number of halogens is 1. The van der Waals surface area contributed by atoms with Gasteiger partial charge >= 0.3 is 5.97 Å². The Bertz CT molecular complexity index is 307. The van der Waals surface area contributed by atoms with E-state index in [1.54, 1.807) is 6.92 Å². The lowest BCUT2D eigenvalue weighted by molar-refractivity contribution is -0.146. The van der Waals surface area contributed by atoms with Crippen molar-refractivity contribution in [3.63, 3.8) is 0 Å². The predicted octanol–water partition coefficient (Wildman–Crippen LogP) is 2.29. The van der Waals surface area contributed by atoms with Gasteiger partial charge in [0.25, 0.3) is 0 Å². The summed E-state index contributed by atoms with van der Waals surface area (Å²) in [5, 5.41) is 0. The molecule has 1 aliphatic rings. The second-order valence-corrected chi connectivity index (χ2v) is 4.16. The van der Waals surface area contributed by atoms with Gasteiger partial charge in [-0.2, -0.15) is 0 Å². The summed E-state index contributed by atoms with van der Waals surface area (Å²) < 4.78 is 5.80. The lowest BCUT2D eigenvalue weighted by atomic mass is 9.79. The van der Waals surface area contributed by atoms with Crippen LogP contribution in [0, 0.1) is 5.92 Å². The SMILES string of the molecule is [B]C1=C(C)C=C(Br)C(C(=O)OCC)C1. The minimum absolute atomic E-state index is 0.217. The zero-order valence-electron chi connectivity index (χ0n) is 8.34. The van der Waals surface area contributed by atoms with E-state index in [-0.39, 0.29) is 11.9 Å². The van der Waals surface area contributed by atoms with E-state index in [1.807, 2.05) is 13.0 Å². The largest absolute Gasteiger partial charge is 0.465 e. The van der Waals surface area contributed by atoms with Gasteiger partial charge in [-0.3, -0.25) is 4.79 Å². The van der Waals surface area contributed by atoms with Gasteiger partial charge < -0.3 is 4.74 Å². The van der Waals surface area contributed by atoms with Gasteiger partial charge in [-0.05, 0) is 26.3 Å². The molecule has 1 rings (SSSR count). The van der Waals surface area contributed by atoms with E-state index < -0.39 is 0 Å². The summed E-state index contributed by atoms with van der Waals surface area (Å²) in [7, 11) is 5.77. The third-order valence-electron chi connectivity index (χ3n) is 2.19. The second-order valence-electron chi connectivity index (χ2n) is 3.25. The number of allylic oxidation sites excluding steroid dienone is 3. The highest BCUT2D eigenvalue weighted by molar-refractivity contribution is 9.11. The zero-order chi connectivity index (χ0) is 10.7. The van der Waals surface area contributed by atoms with Gasteiger partial charge in [-0.1, -0.05) is 21.5 Å². The average Bonchev–Trinajstić information content (AvgIpc) is 2.11. The van der Waals surface area contributed by atoms with Crippen LogP contribution in [0.25, 0.3) is 0 Å². The van der Waals surface area contributed by atoms with Gasteiger partial charge in [-0.15, -0.1) is 5.47 Å². The zero-order valence-corrected chi connectivity index (χ0v) is 9.93. The Morgan fingerprint density at radius 2 is 2.43 bits per heavy atom. The molecule has 0 aromatic heterocycles. The predicted molar refractivity (Wildman–Crippen MR) is 60.2 cm³/mol. The number of carbonyl (C=O) groups excluding carboxylic acids is 1. The average molecular weight is 255 g/mol. The second kappa shape index (κ2) is 4.83. The minimum atomic E-state index is -0.265. The quantitative estimate of drug-likeness (QED) is 0.558. The summed E-state index contributed by atoms with van der Waals surface area (Å²) in [5.74, 6) is -0.482. The van der Waals surface area contributed by atoms with Crippen molar-refractivity contribution in [2.24, 2.45) is 5.92 Å². The molecule has 0 aromatic carbocycles. The lowest BCUT2D eigenvalue weighted by Crippen LogP contribution is -2.21. The lowest BCUT2D eigenvalue weighted by Gasteiger charge is -2.21. The number of hydrogen-bond donors (Lipinski definition) is 0. The molecule has 0 aromatic rings. The normalized spacial score (nSPS) is 21.9. The molecule has 4 heteroatoms. The number of hydrogen-bond acceptors (Lipinski definition) is 2. The fourth-order valence-corrected chi connectivity index (χ4v) is 2.01. The van der Waals surface area contributed by atoms with E-state index in [2.05, 4.69) is 15.9 Å². The third-order valence-corrected chi connectivity index (χ3v) is 2.97. The molecular weight excluding hydrogens is 243 g/mol. The summed E-state index contributed by atoms with van der Waals surface area (Å²) in [6.07, 6.45) is 2.42. The highest BCUT2D eigenvalue weighted by Gasteiger charge is 2.25. The van der Waals surface area contributed by atoms with Crippen molar-refractivity contribution in [2.75, 3.05) is 6.61 Å². The van der Waals surface area contributed by atoms with Crippen LogP contribution in [0.4, 0.5) is 0 Å². The molecule has 0 aliphatic heterocycles. The molecule has 0 spiro atoms. The first-order valence-corrected chi connectivity index (χ1v) is 5.34. The molecule has 1 unspecified atom stereocenters. The molecule has 0 amide bonds. The van der Waals surface area contributed by atoms with Crippen molar-refractivity contribution in [3.8, 4) is 0 Å². The van der Waals surface area contributed by atoms with E-state index in [0.717, 1.165) is 15.5 Å². The van der Waals surface area contributed by atoms with Crippen LogP contribution in [-0.4, -0.2) is 20.4 Å². The molecule has 0 saturated carbocycles. The monoisotopic (exact) mass is 254 g/mol. The maximum Gasteiger partial charge on any atom is 0.314 e. The van der Waals surface area contributed by atoms with E-state index >= 15 is 0 Å². The van der Waals surface area contributed by atoms with Crippen LogP contribution in [0.15, 0.2) is 21.6 Å². The summed E-state index contributed by atoms with van der Waals surface area (Å²) in [6, 6.07) is 0. The van der Waals surface area contributed by atoms with Gasteiger partial charge in [-0.25, -0.2) is 0 Å². The Kier molecular flexibility index (Phi) is 3.99. The van der Waals surface area contributed by atoms with Crippen molar-refractivity contribution >= 4 is 29.7 Å². The first-order valence-electron chi connectivity index (χ1n) is 4.55. The van der Waals surface area contributed by atoms with E-state index in [1.165, 1.54) is 0 Å². The fraction of sp³-hybridized carbons (Fsp3) is 0.500. The van der Waals surface area contributed by atoms with Crippen molar-refractivity contribution in [2.45, 2.75) is 20.3 Å². The topological polar surface area (TPSA) is 26.3 Å². The summed E-state index contributed by atoms with van der Waals surface area (Å²) in [4.78, 5) is 11.5. The summed E-state index contributed by atoms with van der Waals surface area (Å²) in [6.45, 7) is 4.12. The van der Waals surface area contributed by atoms with Gasteiger partial charge in [0.2, 0.25) is 0 Å². The Labute approximate surface area is 93.9 Å². The van der Waals surface area contributed by atoms with Gasteiger partial charge in [0.05, 0.1) is 12.5 Å². The molecule has 1 aliphatic carbocycles. The highest BCUT2D eigenvalue weighted by Crippen LogP contribution is 2.32. The molecule has 0 saturated heterocycles. The first kappa shape index (κ1) is 11.6. The van der Waals surface area contributed by atoms with Crippen molar-refractivity contribution in [1.82, 2.24) is 0 Å². The molecule has 0 fully saturated rings. The Morgan fingerprint density at radius 1 is 1.79 bits per heavy atom. The van der Waals surface area contributed by atoms with Crippen LogP contribution in [0.5, 0.6) is 0 Å². The molecule has 0 bridgehead atoms. The molecule has 14 heavy (non-hydrogen) atoms. The van der Waals surface area contributed by atoms with E-state index in [9.17, 15) is 4.79 Å². The Balaban J connectivity index is 2.77. The maximum absolute atomic E-state index is 11.5. The molecular formula is C10H12BBrO2. The molecule has 2 nitrogen and oxygen atoms in total. The number of ether oxygens (including phenoxy) is 1. The number of rotatable bonds is 2. The van der Waals surface area contributed by atoms with Crippen LogP contribution in [-0.2, 0) is 9.53 Å². The first-order chi connectivity index (χ1) is 6.56. The standard InChI is InChI=1S/C10H12BBrO2/c1-3-14-10(13)7-5-8(11)6(2)4-9(7)12/h4,7H,3,5H2,1-2H3. The highest BCUT2D eigenvalue weighted by atomic mass is 79.9. The molecule has 0 heterocycles. The molecule has 74 valence electrons. The van der Waals surface area contributed by atoms with Crippen LogP contribution >= 0.6 is 15.9 Å². The van der Waals surface area contributed by atoms with Crippen molar-refractivity contribution in [1.29, 1.82) is 0 Å². The maximum atomic E-state index is 11.5. The van der Waals surface area contributed by atoms with E-state index in [0.29, 0.717) is 13.0 Å². The Hall–Kier alpha value is -0.505. The third kappa shape index (κ3) is 2.50. The van der Waals surface area contributed by atoms with E-state index in [4.69, 9.17) is 12.6 Å².